The highest BCUT2D eigenvalue weighted by molar-refractivity contribution is 6.11. The predicted octanol–water partition coefficient (Wildman–Crippen LogP) is 5.35. The maximum Gasteiger partial charge on any atom is 0.242 e. The number of nitrogens with zero attached hydrogens (tertiary/aromatic N) is 2. The first-order chi connectivity index (χ1) is 15.9. The topological polar surface area (TPSA) is 62.6 Å². The van der Waals surface area contributed by atoms with Crippen molar-refractivity contribution in [3.05, 3.63) is 89.0 Å². The molecule has 5 rings (SSSR count). The molecule has 3 aromatic carbocycles. The number of para-hydroxylation sites is 1. The van der Waals surface area contributed by atoms with Crippen LogP contribution >= 0.6 is 0 Å². The number of ether oxygens (including phenoxy) is 2. The van der Waals surface area contributed by atoms with Gasteiger partial charge in [-0.15, -0.1) is 0 Å². The third-order valence-corrected chi connectivity index (χ3v) is 6.46. The van der Waals surface area contributed by atoms with Crippen LogP contribution in [0.1, 0.15) is 49.4 Å². The third kappa shape index (κ3) is 3.34. The van der Waals surface area contributed by atoms with Crippen molar-refractivity contribution in [1.29, 1.82) is 5.26 Å². The fourth-order valence-corrected chi connectivity index (χ4v) is 5.30. The molecular formula is C28H26N2O3. The molecule has 3 aromatic rings. The molecule has 5 nitrogen and oxygen atoms in total. The summed E-state index contributed by atoms with van der Waals surface area (Å²) in [6, 6.07) is 23.4. The van der Waals surface area contributed by atoms with E-state index in [0.717, 1.165) is 28.1 Å². The number of hydrogen-bond donors (Lipinski definition) is 0. The van der Waals surface area contributed by atoms with E-state index in [-0.39, 0.29) is 5.91 Å². The van der Waals surface area contributed by atoms with Crippen LogP contribution in [0.2, 0.25) is 0 Å². The fraction of sp³-hybridized carbons (Fsp3) is 0.286. The van der Waals surface area contributed by atoms with Crippen LogP contribution in [-0.2, 0) is 16.8 Å². The minimum absolute atomic E-state index is 0.0350. The van der Waals surface area contributed by atoms with Gasteiger partial charge in [0, 0.05) is 23.7 Å². The van der Waals surface area contributed by atoms with Crippen molar-refractivity contribution in [2.24, 2.45) is 0 Å². The monoisotopic (exact) mass is 438 g/mol. The first kappa shape index (κ1) is 21.1. The molecule has 1 spiro atoms. The van der Waals surface area contributed by atoms with E-state index in [2.05, 4.69) is 12.1 Å². The van der Waals surface area contributed by atoms with E-state index in [1.54, 1.807) is 6.07 Å². The van der Waals surface area contributed by atoms with Gasteiger partial charge in [0.05, 0.1) is 24.8 Å². The number of amides is 1. The van der Waals surface area contributed by atoms with Crippen molar-refractivity contribution in [2.75, 3.05) is 11.5 Å². The molecule has 1 amide bonds. The average molecular weight is 439 g/mol. The largest absolute Gasteiger partial charge is 0.494 e. The Hall–Kier alpha value is -3.78. The molecule has 2 aliphatic heterocycles. The van der Waals surface area contributed by atoms with Crippen LogP contribution in [0.5, 0.6) is 11.5 Å². The van der Waals surface area contributed by atoms with Crippen molar-refractivity contribution in [2.45, 2.75) is 44.8 Å². The predicted molar refractivity (Wildman–Crippen MR) is 127 cm³/mol. The molecule has 0 N–H and O–H groups in total. The van der Waals surface area contributed by atoms with Crippen LogP contribution in [0.15, 0.2) is 66.7 Å². The summed E-state index contributed by atoms with van der Waals surface area (Å²) >= 11 is 0. The van der Waals surface area contributed by atoms with Crippen LogP contribution in [0, 0.1) is 11.3 Å². The number of hydrogen-bond acceptors (Lipinski definition) is 4. The Kier molecular flexibility index (Phi) is 4.90. The van der Waals surface area contributed by atoms with E-state index in [1.165, 1.54) is 0 Å². The molecular weight excluding hydrogens is 412 g/mol. The molecule has 0 saturated carbocycles. The van der Waals surface area contributed by atoms with Gasteiger partial charge >= 0.3 is 0 Å². The van der Waals surface area contributed by atoms with Gasteiger partial charge in [-0.05, 0) is 56.2 Å². The Morgan fingerprint density at radius 1 is 1.06 bits per heavy atom. The Bertz CT molecular complexity index is 1290. The van der Waals surface area contributed by atoms with Gasteiger partial charge in [-0.2, -0.15) is 5.26 Å². The normalized spacial score (nSPS) is 20.1. The molecule has 5 heteroatoms. The zero-order chi connectivity index (χ0) is 23.2. The number of carbonyl (C=O) groups is 1. The summed E-state index contributed by atoms with van der Waals surface area (Å²) in [6.07, 6.45) is 0.533. The lowest BCUT2D eigenvalue weighted by Crippen LogP contribution is -2.50. The zero-order valence-corrected chi connectivity index (χ0v) is 19.1. The molecule has 1 atom stereocenters. The number of nitriles is 1. The van der Waals surface area contributed by atoms with Crippen molar-refractivity contribution in [3.63, 3.8) is 0 Å². The molecule has 2 aliphatic rings. The number of fused-ring (bicyclic) bond motifs is 4. The molecule has 0 bridgehead atoms. The summed E-state index contributed by atoms with van der Waals surface area (Å²) in [5.41, 5.74) is 2.89. The van der Waals surface area contributed by atoms with Gasteiger partial charge in [0.1, 0.15) is 22.5 Å². The van der Waals surface area contributed by atoms with Crippen LogP contribution in [0.4, 0.5) is 5.69 Å². The van der Waals surface area contributed by atoms with Crippen molar-refractivity contribution in [1.82, 2.24) is 0 Å². The minimum atomic E-state index is -0.842. The SMILES string of the molecule is CCOc1ccc2c(c1)OC(C)(C)C[C@]21C(=O)N(Cc2cccc(C#N)c2)c2ccccc21. The highest BCUT2D eigenvalue weighted by Gasteiger charge is 2.58. The van der Waals surface area contributed by atoms with Crippen LogP contribution in [0.3, 0.4) is 0 Å². The molecule has 0 radical (unpaired) electrons. The summed E-state index contributed by atoms with van der Waals surface area (Å²) in [5.74, 6) is 1.45. The smallest absolute Gasteiger partial charge is 0.242 e. The van der Waals surface area contributed by atoms with Crippen molar-refractivity contribution < 1.29 is 14.3 Å². The molecule has 0 saturated heterocycles. The maximum absolute atomic E-state index is 14.3. The maximum atomic E-state index is 14.3. The Morgan fingerprint density at radius 2 is 1.88 bits per heavy atom. The summed E-state index contributed by atoms with van der Waals surface area (Å²) in [5, 5.41) is 9.30. The average Bonchev–Trinajstić information content (AvgIpc) is 3.02. The van der Waals surface area contributed by atoms with Crippen LogP contribution in [0.25, 0.3) is 0 Å². The van der Waals surface area contributed by atoms with E-state index in [9.17, 15) is 10.1 Å². The van der Waals surface area contributed by atoms with E-state index in [0.29, 0.717) is 30.9 Å². The first-order valence-electron chi connectivity index (χ1n) is 11.2. The zero-order valence-electron chi connectivity index (χ0n) is 19.1. The second-order valence-corrected chi connectivity index (χ2v) is 9.26. The summed E-state index contributed by atoms with van der Waals surface area (Å²) in [6.45, 7) is 6.97. The molecule has 0 unspecified atom stereocenters. The summed E-state index contributed by atoms with van der Waals surface area (Å²) < 4.78 is 12.1. The lowest BCUT2D eigenvalue weighted by molar-refractivity contribution is -0.124. The molecule has 0 aromatic heterocycles. The summed E-state index contributed by atoms with van der Waals surface area (Å²) in [4.78, 5) is 16.2. The highest BCUT2D eigenvalue weighted by Crippen LogP contribution is 2.56. The molecule has 0 fully saturated rings. The number of benzene rings is 3. The third-order valence-electron chi connectivity index (χ3n) is 6.46. The van der Waals surface area contributed by atoms with E-state index < -0.39 is 11.0 Å². The van der Waals surface area contributed by atoms with Gasteiger partial charge in [0.25, 0.3) is 0 Å². The van der Waals surface area contributed by atoms with Gasteiger partial charge in [0.15, 0.2) is 0 Å². The Balaban J connectivity index is 1.67. The lowest BCUT2D eigenvalue weighted by Gasteiger charge is -2.43. The van der Waals surface area contributed by atoms with Gasteiger partial charge in [-0.3, -0.25) is 4.79 Å². The number of anilines is 1. The second kappa shape index (κ2) is 7.67. The standard InChI is InChI=1S/C28H26N2O3/c1-4-32-21-12-13-23-25(15-21)33-27(2,3)18-28(23)22-10-5-6-11-24(22)30(26(28)31)17-20-9-7-8-19(14-20)16-29/h5-15H,4,17-18H2,1-3H3/t28-/m1/s1. The van der Waals surface area contributed by atoms with Crippen molar-refractivity contribution in [3.8, 4) is 17.6 Å². The van der Waals surface area contributed by atoms with Gasteiger partial charge in [0.2, 0.25) is 5.91 Å². The summed E-state index contributed by atoms with van der Waals surface area (Å²) in [7, 11) is 0. The lowest BCUT2D eigenvalue weighted by atomic mass is 9.67. The molecule has 33 heavy (non-hydrogen) atoms. The van der Waals surface area contributed by atoms with E-state index in [1.807, 2.05) is 80.3 Å². The van der Waals surface area contributed by atoms with Crippen LogP contribution < -0.4 is 14.4 Å². The van der Waals surface area contributed by atoms with E-state index in [4.69, 9.17) is 9.47 Å². The number of carbonyl (C=O) groups excluding carboxylic acids is 1. The Morgan fingerprint density at radius 3 is 2.67 bits per heavy atom. The van der Waals surface area contributed by atoms with Crippen LogP contribution in [-0.4, -0.2) is 18.1 Å². The molecule has 166 valence electrons. The quantitative estimate of drug-likeness (QED) is 0.551. The molecule has 2 heterocycles. The second-order valence-electron chi connectivity index (χ2n) is 9.26. The minimum Gasteiger partial charge on any atom is -0.494 e. The van der Waals surface area contributed by atoms with E-state index >= 15 is 0 Å². The van der Waals surface area contributed by atoms with Gasteiger partial charge in [-0.1, -0.05) is 36.4 Å². The van der Waals surface area contributed by atoms with Gasteiger partial charge < -0.3 is 14.4 Å². The fourth-order valence-electron chi connectivity index (χ4n) is 5.30. The van der Waals surface area contributed by atoms with Gasteiger partial charge in [-0.25, -0.2) is 0 Å². The first-order valence-corrected chi connectivity index (χ1v) is 11.2. The van der Waals surface area contributed by atoms with Crippen molar-refractivity contribution >= 4 is 11.6 Å². The number of rotatable bonds is 4. The Labute approximate surface area is 194 Å². The molecule has 0 aliphatic carbocycles. The highest BCUT2D eigenvalue weighted by atomic mass is 16.5.